The molecule has 1 N–H and O–H groups in total. The van der Waals surface area contributed by atoms with Gasteiger partial charge >= 0.3 is 0 Å². The number of rotatable bonds is 5. The van der Waals surface area contributed by atoms with Gasteiger partial charge in [0.05, 0.1) is 5.02 Å². The number of sulfonamides is 1. The van der Waals surface area contributed by atoms with Crippen LogP contribution in [0.5, 0.6) is 0 Å². The zero-order chi connectivity index (χ0) is 17.1. The van der Waals surface area contributed by atoms with Gasteiger partial charge < -0.3 is 4.74 Å². The fraction of sp³-hybridized carbons (Fsp3) is 0.200. The van der Waals surface area contributed by atoms with E-state index >= 15 is 0 Å². The van der Waals surface area contributed by atoms with Crippen LogP contribution in [0.25, 0.3) is 0 Å². The average molecular weight is 355 g/mol. The molecule has 6 nitrogen and oxygen atoms in total. The van der Waals surface area contributed by atoms with Crippen molar-refractivity contribution in [3.05, 3.63) is 59.4 Å². The van der Waals surface area contributed by atoms with Crippen LogP contribution in [0.1, 0.15) is 12.5 Å². The molecule has 8 heteroatoms. The Morgan fingerprint density at radius 3 is 2.48 bits per heavy atom. The fourth-order valence-electron chi connectivity index (χ4n) is 1.92. The Morgan fingerprint density at radius 2 is 1.91 bits per heavy atom. The van der Waals surface area contributed by atoms with Crippen molar-refractivity contribution < 1.29 is 17.9 Å². The van der Waals surface area contributed by atoms with Crippen LogP contribution in [0.15, 0.2) is 53.7 Å². The molecule has 0 unspecified atom stereocenters. The van der Waals surface area contributed by atoms with Crippen molar-refractivity contribution in [1.29, 1.82) is 0 Å². The van der Waals surface area contributed by atoms with E-state index in [1.807, 2.05) is 4.72 Å². The fourth-order valence-corrected chi connectivity index (χ4v) is 3.19. The lowest BCUT2D eigenvalue weighted by molar-refractivity contribution is -0.140. The lowest BCUT2D eigenvalue weighted by atomic mass is 9.95. The lowest BCUT2D eigenvalue weighted by Gasteiger charge is -2.27. The molecule has 1 aromatic carbocycles. The van der Waals surface area contributed by atoms with Crippen LogP contribution in [0.3, 0.4) is 0 Å². The Hall–Kier alpha value is -1.96. The monoisotopic (exact) mass is 354 g/mol. The topological polar surface area (TPSA) is 85.4 Å². The molecule has 1 amide bonds. The first-order valence-corrected chi connectivity index (χ1v) is 8.44. The van der Waals surface area contributed by atoms with Gasteiger partial charge in [0, 0.05) is 19.5 Å². The number of nitrogens with zero attached hydrogens (tertiary/aromatic N) is 1. The van der Waals surface area contributed by atoms with Gasteiger partial charge in [0.25, 0.3) is 15.9 Å². The van der Waals surface area contributed by atoms with Crippen LogP contribution >= 0.6 is 11.6 Å². The number of hydrogen-bond acceptors (Lipinski definition) is 5. The van der Waals surface area contributed by atoms with Crippen molar-refractivity contribution in [3.8, 4) is 0 Å². The summed E-state index contributed by atoms with van der Waals surface area (Å²) in [6.45, 7) is 1.49. The summed E-state index contributed by atoms with van der Waals surface area (Å²) in [6, 6.07) is 9.81. The van der Waals surface area contributed by atoms with E-state index in [0.717, 1.165) is 6.20 Å². The van der Waals surface area contributed by atoms with Crippen LogP contribution in [-0.2, 0) is 25.2 Å². The molecule has 0 aliphatic rings. The highest BCUT2D eigenvalue weighted by Gasteiger charge is 2.37. The van der Waals surface area contributed by atoms with Crippen LogP contribution < -0.4 is 4.72 Å². The number of aromatic nitrogens is 1. The van der Waals surface area contributed by atoms with Gasteiger partial charge in [-0.2, -0.15) is 0 Å². The summed E-state index contributed by atoms with van der Waals surface area (Å²) >= 11 is 5.74. The minimum Gasteiger partial charge on any atom is -0.364 e. The zero-order valence-electron chi connectivity index (χ0n) is 12.5. The summed E-state index contributed by atoms with van der Waals surface area (Å²) in [5.74, 6) is -0.814. The number of ether oxygens (including phenoxy) is 1. The normalized spacial score (nSPS) is 14.0. The second kappa shape index (κ2) is 6.66. The number of methoxy groups -OCH3 is 1. The van der Waals surface area contributed by atoms with Gasteiger partial charge in [-0.05, 0) is 18.6 Å². The Bertz CT molecular complexity index is 811. The van der Waals surface area contributed by atoms with E-state index in [-0.39, 0.29) is 9.92 Å². The van der Waals surface area contributed by atoms with Crippen molar-refractivity contribution in [1.82, 2.24) is 9.71 Å². The number of carbonyl (C=O) groups is 1. The van der Waals surface area contributed by atoms with Crippen molar-refractivity contribution in [2.75, 3.05) is 7.11 Å². The minimum atomic E-state index is -4.11. The molecule has 1 heterocycles. The summed E-state index contributed by atoms with van der Waals surface area (Å²) < 4.78 is 31.9. The molecule has 23 heavy (non-hydrogen) atoms. The van der Waals surface area contributed by atoms with E-state index < -0.39 is 21.5 Å². The van der Waals surface area contributed by atoms with Crippen molar-refractivity contribution in [3.63, 3.8) is 0 Å². The predicted octanol–water partition coefficient (Wildman–Crippen LogP) is 2.10. The second-order valence-corrected chi connectivity index (χ2v) is 7.00. The summed E-state index contributed by atoms with van der Waals surface area (Å²) in [4.78, 5) is 16.0. The van der Waals surface area contributed by atoms with Crippen LogP contribution in [-0.4, -0.2) is 26.4 Å². The van der Waals surface area contributed by atoms with Gasteiger partial charge in [-0.25, -0.2) is 13.1 Å². The maximum Gasteiger partial charge on any atom is 0.270 e. The molecule has 1 aromatic heterocycles. The van der Waals surface area contributed by atoms with Gasteiger partial charge in [-0.1, -0.05) is 41.9 Å². The smallest absolute Gasteiger partial charge is 0.270 e. The molecule has 0 bridgehead atoms. The van der Waals surface area contributed by atoms with E-state index in [4.69, 9.17) is 16.3 Å². The Morgan fingerprint density at radius 1 is 1.26 bits per heavy atom. The molecule has 0 radical (unpaired) electrons. The molecular formula is C15H15ClN2O4S. The molecule has 0 spiro atoms. The zero-order valence-corrected chi connectivity index (χ0v) is 14.1. The van der Waals surface area contributed by atoms with Crippen LogP contribution in [0.2, 0.25) is 5.02 Å². The standard InChI is InChI=1S/C15H15ClN2O4S/c1-15(22-2,11-6-4-3-5-7-11)14(19)18-23(20,21)13-8-12(16)9-17-10-13/h3-10H,1-2H3,(H,18,19)/t15-/m0/s1. The summed E-state index contributed by atoms with van der Waals surface area (Å²) in [6.07, 6.45) is 2.40. The van der Waals surface area contributed by atoms with E-state index in [1.165, 1.54) is 26.3 Å². The molecule has 2 rings (SSSR count). The predicted molar refractivity (Wildman–Crippen MR) is 85.4 cm³/mol. The number of halogens is 1. The van der Waals surface area contributed by atoms with Crippen molar-refractivity contribution in [2.24, 2.45) is 0 Å². The third kappa shape index (κ3) is 3.69. The third-order valence-corrected chi connectivity index (χ3v) is 4.89. The lowest BCUT2D eigenvalue weighted by Crippen LogP contribution is -2.46. The Labute approximate surface area is 139 Å². The van der Waals surface area contributed by atoms with Crippen LogP contribution in [0.4, 0.5) is 0 Å². The second-order valence-electron chi connectivity index (χ2n) is 4.88. The molecule has 0 saturated carbocycles. The number of nitrogens with one attached hydrogen (secondary N) is 1. The van der Waals surface area contributed by atoms with E-state index in [2.05, 4.69) is 4.98 Å². The molecule has 1 atom stereocenters. The molecular weight excluding hydrogens is 340 g/mol. The van der Waals surface area contributed by atoms with E-state index in [0.29, 0.717) is 5.56 Å². The van der Waals surface area contributed by atoms with E-state index in [1.54, 1.807) is 30.3 Å². The van der Waals surface area contributed by atoms with Gasteiger partial charge in [0.2, 0.25) is 0 Å². The average Bonchev–Trinajstić information content (AvgIpc) is 2.54. The SMILES string of the molecule is CO[C@](C)(C(=O)NS(=O)(=O)c1cncc(Cl)c1)c1ccccc1. The minimum absolute atomic E-state index is 0.151. The van der Waals surface area contributed by atoms with Gasteiger partial charge in [-0.3, -0.25) is 9.78 Å². The van der Waals surface area contributed by atoms with E-state index in [9.17, 15) is 13.2 Å². The number of carbonyl (C=O) groups excluding carboxylic acids is 1. The summed E-state index contributed by atoms with van der Waals surface area (Å²) in [5, 5.41) is 0.151. The third-order valence-electron chi connectivity index (χ3n) is 3.38. The Balaban J connectivity index is 2.33. The highest BCUT2D eigenvalue weighted by atomic mass is 35.5. The maximum absolute atomic E-state index is 12.5. The molecule has 0 aliphatic carbocycles. The quantitative estimate of drug-likeness (QED) is 0.888. The van der Waals surface area contributed by atoms with Crippen molar-refractivity contribution >= 4 is 27.5 Å². The largest absolute Gasteiger partial charge is 0.364 e. The molecule has 2 aromatic rings. The van der Waals surface area contributed by atoms with Gasteiger partial charge in [0.1, 0.15) is 4.90 Å². The molecule has 122 valence electrons. The number of benzene rings is 1. The summed E-state index contributed by atoms with van der Waals surface area (Å²) in [7, 11) is -2.78. The number of amides is 1. The number of pyridine rings is 1. The Kier molecular flexibility index (Phi) is 5.03. The first-order valence-electron chi connectivity index (χ1n) is 6.58. The summed E-state index contributed by atoms with van der Waals surface area (Å²) in [5.41, 5.74) is -0.931. The molecule has 0 saturated heterocycles. The first-order chi connectivity index (χ1) is 10.8. The van der Waals surface area contributed by atoms with Gasteiger partial charge in [-0.15, -0.1) is 0 Å². The van der Waals surface area contributed by atoms with Crippen LogP contribution in [0, 0.1) is 0 Å². The number of hydrogen-bond donors (Lipinski definition) is 1. The highest BCUT2D eigenvalue weighted by molar-refractivity contribution is 7.90. The van der Waals surface area contributed by atoms with Gasteiger partial charge in [0.15, 0.2) is 5.60 Å². The maximum atomic E-state index is 12.5. The highest BCUT2D eigenvalue weighted by Crippen LogP contribution is 2.25. The van der Waals surface area contributed by atoms with Crippen molar-refractivity contribution in [2.45, 2.75) is 17.4 Å². The first kappa shape index (κ1) is 17.4. The molecule has 0 fully saturated rings. The molecule has 0 aliphatic heterocycles.